The second kappa shape index (κ2) is 8.09. The first-order valence-corrected chi connectivity index (χ1v) is 12.0. The Kier molecular flexibility index (Phi) is 6.14. The minimum atomic E-state index is -4.02. The molecule has 1 aromatic rings. The number of nitrogens with zero attached hydrogens (tertiary/aromatic N) is 1. The molecule has 0 spiro atoms. The lowest BCUT2D eigenvalue weighted by Gasteiger charge is -2.43. The van der Waals surface area contributed by atoms with Gasteiger partial charge < -0.3 is 15.4 Å². The molecular formula is C22H33N3O5S. The van der Waals surface area contributed by atoms with Crippen LogP contribution >= 0.6 is 0 Å². The zero-order valence-electron chi connectivity index (χ0n) is 19.1. The summed E-state index contributed by atoms with van der Waals surface area (Å²) in [7, 11) is 0.0822. The number of esters is 1. The number of sulfonamides is 1. The van der Waals surface area contributed by atoms with Crippen LogP contribution in [0.3, 0.4) is 0 Å². The van der Waals surface area contributed by atoms with Crippen molar-refractivity contribution in [2.75, 3.05) is 33.1 Å². The normalized spacial score (nSPS) is 26.7. The Morgan fingerprint density at radius 1 is 1.26 bits per heavy atom. The van der Waals surface area contributed by atoms with Crippen molar-refractivity contribution in [3.05, 3.63) is 23.8 Å². The van der Waals surface area contributed by atoms with Gasteiger partial charge in [-0.2, -0.15) is 4.31 Å². The molecule has 0 aromatic heterocycles. The van der Waals surface area contributed by atoms with Crippen LogP contribution in [0.15, 0.2) is 23.1 Å². The van der Waals surface area contributed by atoms with Gasteiger partial charge in [0.05, 0.1) is 12.8 Å². The molecule has 2 N–H and O–H groups in total. The third kappa shape index (κ3) is 4.05. The van der Waals surface area contributed by atoms with E-state index in [2.05, 4.69) is 36.1 Å². The smallest absolute Gasteiger partial charge is 0.321 e. The van der Waals surface area contributed by atoms with Crippen molar-refractivity contribution in [2.24, 2.45) is 16.7 Å². The molecular weight excluding hydrogens is 418 g/mol. The minimum Gasteiger partial charge on any atom is -0.468 e. The third-order valence-electron chi connectivity index (χ3n) is 7.33. The molecule has 2 saturated carbocycles. The topological polar surface area (TPSA) is 105 Å². The molecule has 0 radical (unpaired) electrons. The summed E-state index contributed by atoms with van der Waals surface area (Å²) in [5, 5.41) is 6.05. The average molecular weight is 452 g/mol. The van der Waals surface area contributed by atoms with Crippen LogP contribution in [0, 0.1) is 16.7 Å². The van der Waals surface area contributed by atoms with Crippen LogP contribution < -0.4 is 10.6 Å². The number of rotatable bonds is 7. The van der Waals surface area contributed by atoms with Gasteiger partial charge in [-0.15, -0.1) is 0 Å². The van der Waals surface area contributed by atoms with Gasteiger partial charge in [0, 0.05) is 25.7 Å². The molecule has 1 amide bonds. The highest BCUT2D eigenvalue weighted by Gasteiger charge is 2.59. The average Bonchev–Trinajstić information content (AvgIpc) is 3.21. The maximum absolute atomic E-state index is 13.2. The van der Waals surface area contributed by atoms with Crippen molar-refractivity contribution in [1.29, 1.82) is 0 Å². The van der Waals surface area contributed by atoms with Crippen molar-refractivity contribution in [3.8, 4) is 0 Å². The number of amides is 1. The van der Waals surface area contributed by atoms with Gasteiger partial charge in [-0.1, -0.05) is 20.8 Å². The van der Waals surface area contributed by atoms with E-state index in [0.717, 1.165) is 17.1 Å². The molecule has 2 aliphatic rings. The molecule has 2 fully saturated rings. The Labute approximate surface area is 184 Å². The SMILES string of the molecule is CNc1ccc(C(=O)NC2C3(C)CC[C@H](C3)C2(C)C)cc1S(=O)(=O)N(C)CC(=O)OC. The Bertz CT molecular complexity index is 986. The molecule has 2 aliphatic carbocycles. The van der Waals surface area contributed by atoms with E-state index in [9.17, 15) is 18.0 Å². The molecule has 0 saturated heterocycles. The largest absolute Gasteiger partial charge is 0.468 e. The fraction of sp³-hybridized carbons (Fsp3) is 0.636. The van der Waals surface area contributed by atoms with E-state index in [1.165, 1.54) is 26.6 Å². The lowest BCUT2D eigenvalue weighted by Crippen LogP contribution is -2.52. The predicted octanol–water partition coefficient (Wildman–Crippen LogP) is 2.47. The maximum Gasteiger partial charge on any atom is 0.321 e. The molecule has 3 atom stereocenters. The molecule has 8 nitrogen and oxygen atoms in total. The number of hydrogen-bond donors (Lipinski definition) is 2. The molecule has 2 bridgehead atoms. The summed E-state index contributed by atoms with van der Waals surface area (Å²) in [5.74, 6) is -0.378. The highest BCUT2D eigenvalue weighted by atomic mass is 32.2. The van der Waals surface area contributed by atoms with Crippen molar-refractivity contribution in [1.82, 2.24) is 9.62 Å². The highest BCUT2D eigenvalue weighted by Crippen LogP contribution is 2.62. The Hall–Kier alpha value is -2.13. The number of fused-ring (bicyclic) bond motifs is 2. The number of hydrogen-bond acceptors (Lipinski definition) is 6. The third-order valence-corrected chi connectivity index (χ3v) is 9.17. The number of carbonyl (C=O) groups is 2. The molecule has 0 aliphatic heterocycles. The monoisotopic (exact) mass is 451 g/mol. The number of benzene rings is 1. The standard InChI is InChI=1S/C22H33N3O5S/c1-21(2)15-9-10-22(3,12-15)20(21)24-19(27)14-7-8-16(23-4)17(11-14)31(28,29)25(5)13-18(26)30-6/h7-8,11,15,20,23H,9-10,12-13H2,1-6H3,(H,24,27)/t15-,20?,22?/m1/s1. The van der Waals surface area contributed by atoms with Crippen LogP contribution in [0.5, 0.6) is 0 Å². The summed E-state index contributed by atoms with van der Waals surface area (Å²) < 4.78 is 31.7. The van der Waals surface area contributed by atoms with Gasteiger partial charge in [-0.25, -0.2) is 8.42 Å². The van der Waals surface area contributed by atoms with Crippen LogP contribution in [0.4, 0.5) is 5.69 Å². The molecule has 31 heavy (non-hydrogen) atoms. The van der Waals surface area contributed by atoms with Gasteiger partial charge >= 0.3 is 5.97 Å². The number of carbonyl (C=O) groups excluding carboxylic acids is 2. The Morgan fingerprint density at radius 3 is 2.48 bits per heavy atom. The van der Waals surface area contributed by atoms with Crippen LogP contribution in [0.2, 0.25) is 0 Å². The van der Waals surface area contributed by atoms with Crippen molar-refractivity contribution < 1.29 is 22.7 Å². The van der Waals surface area contributed by atoms with Gasteiger partial charge in [0.15, 0.2) is 0 Å². The molecule has 1 aromatic carbocycles. The maximum atomic E-state index is 13.2. The van der Waals surface area contributed by atoms with Gasteiger partial charge in [-0.3, -0.25) is 9.59 Å². The zero-order valence-corrected chi connectivity index (χ0v) is 19.9. The number of nitrogens with one attached hydrogen (secondary N) is 2. The number of likely N-dealkylation sites (N-methyl/N-ethyl adjacent to an activating group) is 1. The summed E-state index contributed by atoms with van der Waals surface area (Å²) in [6.07, 6.45) is 3.37. The van der Waals surface area contributed by atoms with E-state index < -0.39 is 22.5 Å². The quantitative estimate of drug-likeness (QED) is 0.617. The first-order chi connectivity index (χ1) is 14.4. The second-order valence-corrected chi connectivity index (χ2v) is 11.6. The van der Waals surface area contributed by atoms with Crippen LogP contribution in [-0.4, -0.2) is 58.4 Å². The molecule has 0 heterocycles. The van der Waals surface area contributed by atoms with Gasteiger partial charge in [0.2, 0.25) is 10.0 Å². The number of ether oxygens (including phenoxy) is 1. The van der Waals surface area contributed by atoms with Crippen LogP contribution in [0.1, 0.15) is 50.4 Å². The van der Waals surface area contributed by atoms with Crippen molar-refractivity contribution in [3.63, 3.8) is 0 Å². The van der Waals surface area contributed by atoms with Crippen LogP contribution in [0.25, 0.3) is 0 Å². The van der Waals surface area contributed by atoms with Gasteiger partial charge in [-0.05, 0) is 54.2 Å². The summed E-state index contributed by atoms with van der Waals surface area (Å²) in [4.78, 5) is 24.7. The molecule has 172 valence electrons. The molecule has 2 unspecified atom stereocenters. The Balaban J connectivity index is 1.90. The van der Waals surface area contributed by atoms with E-state index in [0.29, 0.717) is 11.6 Å². The highest BCUT2D eigenvalue weighted by molar-refractivity contribution is 7.89. The lowest BCUT2D eigenvalue weighted by atomic mass is 9.68. The van der Waals surface area contributed by atoms with E-state index in [1.807, 2.05) is 0 Å². The summed E-state index contributed by atoms with van der Waals surface area (Å²) >= 11 is 0. The van der Waals surface area contributed by atoms with Crippen molar-refractivity contribution >= 4 is 27.6 Å². The van der Waals surface area contributed by atoms with E-state index in [-0.39, 0.29) is 33.2 Å². The summed E-state index contributed by atoms with van der Waals surface area (Å²) in [6, 6.07) is 4.58. The Morgan fingerprint density at radius 2 is 1.94 bits per heavy atom. The first kappa shape index (κ1) is 23.5. The zero-order chi connectivity index (χ0) is 23.2. The predicted molar refractivity (Wildman–Crippen MR) is 118 cm³/mol. The molecule has 9 heteroatoms. The van der Waals surface area contributed by atoms with Crippen LogP contribution in [-0.2, 0) is 19.6 Å². The second-order valence-electron chi connectivity index (χ2n) is 9.62. The first-order valence-electron chi connectivity index (χ1n) is 10.5. The molecule has 3 rings (SSSR count). The lowest BCUT2D eigenvalue weighted by molar-refractivity contribution is -0.140. The van der Waals surface area contributed by atoms with E-state index >= 15 is 0 Å². The van der Waals surface area contributed by atoms with Gasteiger partial charge in [0.1, 0.15) is 11.4 Å². The number of anilines is 1. The van der Waals surface area contributed by atoms with Gasteiger partial charge in [0.25, 0.3) is 5.91 Å². The van der Waals surface area contributed by atoms with E-state index in [1.54, 1.807) is 19.2 Å². The number of methoxy groups -OCH3 is 1. The fourth-order valence-corrected chi connectivity index (χ4v) is 6.79. The summed E-state index contributed by atoms with van der Waals surface area (Å²) in [5.41, 5.74) is 0.667. The fourth-order valence-electron chi connectivity index (χ4n) is 5.46. The van der Waals surface area contributed by atoms with E-state index in [4.69, 9.17) is 0 Å². The minimum absolute atomic E-state index is 0.0107. The van der Waals surface area contributed by atoms with Crippen molar-refractivity contribution in [2.45, 2.75) is 51.0 Å². The summed E-state index contributed by atoms with van der Waals surface area (Å²) in [6.45, 7) is 6.21.